The molecule has 0 radical (unpaired) electrons. The van der Waals surface area contributed by atoms with Crippen LogP contribution in [0.5, 0.6) is 5.75 Å². The summed E-state index contributed by atoms with van der Waals surface area (Å²) in [6.07, 6.45) is 0.838. The van der Waals surface area contributed by atoms with Crippen LogP contribution in [-0.2, 0) is 14.9 Å². The van der Waals surface area contributed by atoms with E-state index in [0.29, 0.717) is 19.7 Å². The fourth-order valence-electron chi connectivity index (χ4n) is 2.92. The fraction of sp³-hybridized carbons (Fsp3) is 0.625. The standard InChI is InChI=1S/C16H26N2O4S/c1-12-9-15(5-6-16(12)22-4)13(2)17-23(19,20)18-8-7-14(10-18)11-21-3/h5-6,9,13-14,17H,7-8,10-11H2,1-4H3/t13-,14?/m1/s1. The smallest absolute Gasteiger partial charge is 0.280 e. The molecule has 1 aliphatic rings. The lowest BCUT2D eigenvalue weighted by molar-refractivity contribution is 0.157. The summed E-state index contributed by atoms with van der Waals surface area (Å²) in [4.78, 5) is 0. The van der Waals surface area contributed by atoms with Crippen LogP contribution in [-0.4, -0.2) is 46.6 Å². The molecule has 0 amide bonds. The molecule has 1 saturated heterocycles. The summed E-state index contributed by atoms with van der Waals surface area (Å²) in [7, 11) is -0.225. The largest absolute Gasteiger partial charge is 0.496 e. The molecule has 0 bridgehead atoms. The number of ether oxygens (including phenoxy) is 2. The van der Waals surface area contributed by atoms with Crippen molar-refractivity contribution in [1.82, 2.24) is 9.03 Å². The molecule has 1 fully saturated rings. The Morgan fingerprint density at radius 1 is 1.39 bits per heavy atom. The fourth-order valence-corrected chi connectivity index (χ4v) is 4.41. The lowest BCUT2D eigenvalue weighted by Crippen LogP contribution is -2.40. The van der Waals surface area contributed by atoms with Crippen molar-refractivity contribution < 1.29 is 17.9 Å². The number of benzene rings is 1. The number of hydrogen-bond acceptors (Lipinski definition) is 4. The van der Waals surface area contributed by atoms with Gasteiger partial charge in [-0.15, -0.1) is 0 Å². The molecule has 0 spiro atoms. The Morgan fingerprint density at radius 3 is 2.74 bits per heavy atom. The Bertz CT molecular complexity index is 633. The van der Waals surface area contributed by atoms with Crippen LogP contribution < -0.4 is 9.46 Å². The van der Waals surface area contributed by atoms with Crippen LogP contribution in [0, 0.1) is 12.8 Å². The van der Waals surface area contributed by atoms with Gasteiger partial charge in [-0.3, -0.25) is 0 Å². The normalized spacial score (nSPS) is 20.6. The van der Waals surface area contributed by atoms with E-state index in [4.69, 9.17) is 9.47 Å². The van der Waals surface area contributed by atoms with Gasteiger partial charge in [-0.05, 0) is 43.4 Å². The monoisotopic (exact) mass is 342 g/mol. The molecule has 1 N–H and O–H groups in total. The molecule has 2 rings (SSSR count). The van der Waals surface area contributed by atoms with Crippen LogP contribution in [0.15, 0.2) is 18.2 Å². The van der Waals surface area contributed by atoms with Crippen molar-refractivity contribution in [3.8, 4) is 5.75 Å². The maximum Gasteiger partial charge on any atom is 0.280 e. The first kappa shape index (κ1) is 18.2. The minimum atomic E-state index is -3.49. The molecule has 23 heavy (non-hydrogen) atoms. The van der Waals surface area contributed by atoms with E-state index in [0.717, 1.165) is 23.3 Å². The summed E-state index contributed by atoms with van der Waals surface area (Å²) in [6.45, 7) is 5.44. The van der Waals surface area contributed by atoms with Crippen molar-refractivity contribution >= 4 is 10.2 Å². The summed E-state index contributed by atoms with van der Waals surface area (Å²) in [5.41, 5.74) is 1.90. The zero-order valence-electron chi connectivity index (χ0n) is 14.2. The molecule has 1 aliphatic heterocycles. The molecular formula is C16H26N2O4S. The van der Waals surface area contributed by atoms with Crippen molar-refractivity contribution in [2.45, 2.75) is 26.3 Å². The summed E-state index contributed by atoms with van der Waals surface area (Å²) >= 11 is 0. The second-order valence-electron chi connectivity index (χ2n) is 6.04. The first-order valence-electron chi connectivity index (χ1n) is 7.78. The lowest BCUT2D eigenvalue weighted by atomic mass is 10.1. The summed E-state index contributed by atoms with van der Waals surface area (Å²) in [5, 5.41) is 0. The summed E-state index contributed by atoms with van der Waals surface area (Å²) < 4.78 is 39.7. The van der Waals surface area contributed by atoms with Crippen LogP contribution in [0.3, 0.4) is 0 Å². The minimum absolute atomic E-state index is 0.273. The average Bonchev–Trinajstić information content (AvgIpc) is 2.96. The van der Waals surface area contributed by atoms with Crippen LogP contribution in [0.25, 0.3) is 0 Å². The molecular weight excluding hydrogens is 316 g/mol. The van der Waals surface area contributed by atoms with E-state index in [2.05, 4.69) is 4.72 Å². The van der Waals surface area contributed by atoms with Gasteiger partial charge in [0.1, 0.15) is 5.75 Å². The lowest BCUT2D eigenvalue weighted by Gasteiger charge is -2.21. The van der Waals surface area contributed by atoms with Gasteiger partial charge in [-0.25, -0.2) is 0 Å². The molecule has 1 heterocycles. The third-order valence-corrected chi connectivity index (χ3v) is 5.90. The van der Waals surface area contributed by atoms with Gasteiger partial charge < -0.3 is 9.47 Å². The van der Waals surface area contributed by atoms with E-state index in [1.165, 1.54) is 4.31 Å². The number of hydrogen-bond donors (Lipinski definition) is 1. The number of nitrogens with zero attached hydrogens (tertiary/aromatic N) is 1. The average molecular weight is 342 g/mol. The van der Waals surface area contributed by atoms with Crippen LogP contribution in [0.2, 0.25) is 0 Å². The molecule has 0 aromatic heterocycles. The topological polar surface area (TPSA) is 67.9 Å². The highest BCUT2D eigenvalue weighted by molar-refractivity contribution is 7.87. The summed E-state index contributed by atoms with van der Waals surface area (Å²) in [5.74, 6) is 1.07. The summed E-state index contributed by atoms with van der Waals surface area (Å²) in [6, 6.07) is 5.39. The van der Waals surface area contributed by atoms with E-state index < -0.39 is 10.2 Å². The van der Waals surface area contributed by atoms with E-state index >= 15 is 0 Å². The predicted molar refractivity (Wildman–Crippen MR) is 89.8 cm³/mol. The Hall–Kier alpha value is -1.15. The molecule has 1 aromatic carbocycles. The Kier molecular flexibility index (Phi) is 6.02. The molecule has 1 unspecified atom stereocenters. The maximum atomic E-state index is 12.5. The zero-order valence-corrected chi connectivity index (χ0v) is 15.0. The third-order valence-electron chi connectivity index (χ3n) is 4.24. The second-order valence-corrected chi connectivity index (χ2v) is 7.74. The molecule has 2 atom stereocenters. The van der Waals surface area contributed by atoms with Crippen molar-refractivity contribution in [3.05, 3.63) is 29.3 Å². The Balaban J connectivity index is 2.04. The highest BCUT2D eigenvalue weighted by Crippen LogP contribution is 2.24. The van der Waals surface area contributed by atoms with Crippen LogP contribution >= 0.6 is 0 Å². The van der Waals surface area contributed by atoms with Gasteiger partial charge in [0, 0.05) is 26.2 Å². The second kappa shape index (κ2) is 7.61. The molecule has 7 heteroatoms. The van der Waals surface area contributed by atoms with E-state index in [1.54, 1.807) is 14.2 Å². The minimum Gasteiger partial charge on any atom is -0.496 e. The van der Waals surface area contributed by atoms with Gasteiger partial charge in [0.15, 0.2) is 0 Å². The van der Waals surface area contributed by atoms with E-state index in [1.807, 2.05) is 32.0 Å². The first-order valence-corrected chi connectivity index (χ1v) is 9.22. The highest BCUT2D eigenvalue weighted by atomic mass is 32.2. The van der Waals surface area contributed by atoms with Crippen molar-refractivity contribution in [3.63, 3.8) is 0 Å². The van der Waals surface area contributed by atoms with Gasteiger partial charge in [0.2, 0.25) is 0 Å². The number of rotatable bonds is 7. The molecule has 0 saturated carbocycles. The zero-order chi connectivity index (χ0) is 17.0. The third kappa shape index (κ3) is 4.44. The highest BCUT2D eigenvalue weighted by Gasteiger charge is 2.32. The van der Waals surface area contributed by atoms with Gasteiger partial charge in [0.05, 0.1) is 13.7 Å². The number of aryl methyl sites for hydroxylation is 1. The molecule has 130 valence electrons. The van der Waals surface area contributed by atoms with Crippen molar-refractivity contribution in [1.29, 1.82) is 0 Å². The quantitative estimate of drug-likeness (QED) is 0.821. The van der Waals surface area contributed by atoms with E-state index in [9.17, 15) is 8.42 Å². The first-order chi connectivity index (χ1) is 10.9. The van der Waals surface area contributed by atoms with Crippen molar-refractivity contribution in [2.24, 2.45) is 5.92 Å². The van der Waals surface area contributed by atoms with Crippen LogP contribution in [0.4, 0.5) is 0 Å². The molecule has 0 aliphatic carbocycles. The van der Waals surface area contributed by atoms with Gasteiger partial charge in [-0.1, -0.05) is 12.1 Å². The number of methoxy groups -OCH3 is 2. The van der Waals surface area contributed by atoms with E-state index in [-0.39, 0.29) is 12.0 Å². The molecule has 6 nitrogen and oxygen atoms in total. The van der Waals surface area contributed by atoms with Gasteiger partial charge in [-0.2, -0.15) is 17.4 Å². The molecule has 1 aromatic rings. The van der Waals surface area contributed by atoms with Gasteiger partial charge in [0.25, 0.3) is 10.2 Å². The SMILES string of the molecule is COCC1CCN(S(=O)(=O)N[C@H](C)c2ccc(OC)c(C)c2)C1. The van der Waals surface area contributed by atoms with Crippen molar-refractivity contribution in [2.75, 3.05) is 33.9 Å². The van der Waals surface area contributed by atoms with Crippen LogP contribution in [0.1, 0.15) is 30.5 Å². The Labute approximate surface area is 139 Å². The Morgan fingerprint density at radius 2 is 2.13 bits per heavy atom. The maximum absolute atomic E-state index is 12.5. The predicted octanol–water partition coefficient (Wildman–Crippen LogP) is 1.87. The number of nitrogens with one attached hydrogen (secondary N) is 1. The van der Waals surface area contributed by atoms with Gasteiger partial charge >= 0.3 is 0 Å².